The van der Waals surface area contributed by atoms with Gasteiger partial charge in [0, 0.05) is 11.5 Å². The second-order valence-corrected chi connectivity index (χ2v) is 5.84. The van der Waals surface area contributed by atoms with E-state index in [1.807, 2.05) is 12.1 Å². The summed E-state index contributed by atoms with van der Waals surface area (Å²) in [5, 5.41) is 2.06. The Balaban J connectivity index is 2.94. The van der Waals surface area contributed by atoms with Crippen molar-refractivity contribution in [3.05, 3.63) is 25.3 Å². The Morgan fingerprint density at radius 1 is 0.889 bits per heavy atom. The molecule has 0 heterocycles. The van der Waals surface area contributed by atoms with Crippen molar-refractivity contribution < 1.29 is 14.2 Å². The Labute approximate surface area is 133 Å². The third-order valence-corrected chi connectivity index (χ3v) is 4.68. The van der Waals surface area contributed by atoms with E-state index in [0.29, 0.717) is 0 Å². The molecule has 0 fully saturated rings. The van der Waals surface area contributed by atoms with Crippen LogP contribution in [0.3, 0.4) is 0 Å². The molecule has 0 unspecified atom stereocenters. The second kappa shape index (κ2) is 5.68. The van der Waals surface area contributed by atoms with Crippen LogP contribution in [-0.4, -0.2) is 21.3 Å². The van der Waals surface area contributed by atoms with E-state index in [0.717, 1.165) is 35.2 Å². The van der Waals surface area contributed by atoms with Gasteiger partial charge in [0.25, 0.3) is 0 Å². The molecule has 0 bridgehead atoms. The van der Waals surface area contributed by atoms with Crippen molar-refractivity contribution in [3.8, 4) is 17.2 Å². The van der Waals surface area contributed by atoms with E-state index < -0.39 is 0 Å². The zero-order valence-electron chi connectivity index (χ0n) is 10.2. The first kappa shape index (κ1) is 14.0. The fourth-order valence-corrected chi connectivity index (χ4v) is 3.38. The highest BCUT2D eigenvalue weighted by atomic mass is 127. The van der Waals surface area contributed by atoms with E-state index in [2.05, 4.69) is 51.2 Å². The molecule has 3 nitrogen and oxygen atoms in total. The molecular formula is C13H12I2O3. The predicted octanol–water partition coefficient (Wildman–Crippen LogP) is 4.07. The Bertz CT molecular complexity index is 597. The minimum absolute atomic E-state index is 0.762. The van der Waals surface area contributed by atoms with Crippen LogP contribution >= 0.6 is 45.2 Å². The average molecular weight is 470 g/mol. The highest BCUT2D eigenvalue weighted by Gasteiger charge is 2.17. The lowest BCUT2D eigenvalue weighted by Crippen LogP contribution is -1.96. The van der Waals surface area contributed by atoms with Crippen LogP contribution in [0, 0.1) is 7.14 Å². The van der Waals surface area contributed by atoms with Gasteiger partial charge < -0.3 is 14.2 Å². The summed E-state index contributed by atoms with van der Waals surface area (Å²) in [6.07, 6.45) is 0. The molecule has 0 saturated carbocycles. The molecule has 0 saturated heterocycles. The molecule has 0 radical (unpaired) electrons. The zero-order valence-corrected chi connectivity index (χ0v) is 14.5. The first-order chi connectivity index (χ1) is 8.63. The van der Waals surface area contributed by atoms with Gasteiger partial charge in [-0.25, -0.2) is 0 Å². The van der Waals surface area contributed by atoms with Gasteiger partial charge in [0.15, 0.2) is 0 Å². The largest absolute Gasteiger partial charge is 0.496 e. The quantitative estimate of drug-likeness (QED) is 0.634. The van der Waals surface area contributed by atoms with E-state index in [1.54, 1.807) is 21.3 Å². The molecule has 0 aliphatic rings. The molecule has 2 aromatic rings. The van der Waals surface area contributed by atoms with Gasteiger partial charge in [0.2, 0.25) is 0 Å². The normalized spacial score (nSPS) is 10.5. The Kier molecular flexibility index (Phi) is 4.41. The zero-order chi connectivity index (χ0) is 13.3. The van der Waals surface area contributed by atoms with Crippen molar-refractivity contribution >= 4 is 56.0 Å². The summed E-state index contributed by atoms with van der Waals surface area (Å²) >= 11 is 4.53. The van der Waals surface area contributed by atoms with Gasteiger partial charge in [-0.1, -0.05) is 6.07 Å². The molecule has 0 N–H and O–H groups in total. The molecule has 5 heteroatoms. The number of hydrogen-bond acceptors (Lipinski definition) is 3. The van der Waals surface area contributed by atoms with E-state index in [1.165, 1.54) is 0 Å². The summed E-state index contributed by atoms with van der Waals surface area (Å²) in [4.78, 5) is 0. The van der Waals surface area contributed by atoms with Crippen LogP contribution in [0.5, 0.6) is 17.2 Å². The highest BCUT2D eigenvalue weighted by molar-refractivity contribution is 14.1. The number of hydrogen-bond donors (Lipinski definition) is 0. The number of rotatable bonds is 3. The van der Waals surface area contributed by atoms with Gasteiger partial charge in [-0.2, -0.15) is 0 Å². The van der Waals surface area contributed by atoms with Crippen molar-refractivity contribution in [2.45, 2.75) is 0 Å². The highest BCUT2D eigenvalue weighted by Crippen LogP contribution is 2.43. The van der Waals surface area contributed by atoms with E-state index >= 15 is 0 Å². The third-order valence-electron chi connectivity index (χ3n) is 2.71. The van der Waals surface area contributed by atoms with Crippen molar-refractivity contribution in [3.63, 3.8) is 0 Å². The molecule has 0 amide bonds. The molecule has 0 atom stereocenters. The number of benzene rings is 2. The van der Waals surface area contributed by atoms with Crippen LogP contribution in [0.15, 0.2) is 18.2 Å². The Morgan fingerprint density at radius 2 is 1.56 bits per heavy atom. The topological polar surface area (TPSA) is 27.7 Å². The fourth-order valence-electron chi connectivity index (χ4n) is 1.88. The summed E-state index contributed by atoms with van der Waals surface area (Å²) < 4.78 is 18.4. The van der Waals surface area contributed by atoms with Gasteiger partial charge in [0.1, 0.15) is 17.2 Å². The molecule has 0 aliphatic heterocycles. The van der Waals surface area contributed by atoms with Gasteiger partial charge in [-0.3, -0.25) is 0 Å². The molecule has 0 aliphatic carbocycles. The van der Waals surface area contributed by atoms with Gasteiger partial charge in [-0.05, 0) is 51.2 Å². The second-order valence-electron chi connectivity index (χ2n) is 3.60. The van der Waals surface area contributed by atoms with Crippen molar-refractivity contribution in [1.29, 1.82) is 0 Å². The average Bonchev–Trinajstić information content (AvgIpc) is 2.39. The van der Waals surface area contributed by atoms with Crippen LogP contribution in [0.2, 0.25) is 0 Å². The van der Waals surface area contributed by atoms with Crippen LogP contribution in [0.1, 0.15) is 0 Å². The first-order valence-corrected chi connectivity index (χ1v) is 7.36. The summed E-state index contributed by atoms with van der Waals surface area (Å²) in [5.74, 6) is 2.41. The molecule has 2 aromatic carbocycles. The SMILES string of the molecule is COc1cc(OC)c2c(OC)c(I)ccc2c1I. The maximum absolute atomic E-state index is 5.50. The minimum atomic E-state index is 0.762. The maximum Gasteiger partial charge on any atom is 0.143 e. The minimum Gasteiger partial charge on any atom is -0.496 e. The Hall–Kier alpha value is -0.440. The lowest BCUT2D eigenvalue weighted by Gasteiger charge is -2.15. The van der Waals surface area contributed by atoms with Crippen molar-refractivity contribution in [2.75, 3.05) is 21.3 Å². The third kappa shape index (κ3) is 2.22. The molecular weight excluding hydrogens is 458 g/mol. The van der Waals surface area contributed by atoms with Crippen LogP contribution < -0.4 is 14.2 Å². The van der Waals surface area contributed by atoms with Gasteiger partial charge >= 0.3 is 0 Å². The standard InChI is InChI=1S/C13H12I2O3/c1-16-9-6-10(17-2)12(15)7-4-5-8(14)13(18-3)11(7)9/h4-6H,1-3H3. The van der Waals surface area contributed by atoms with Gasteiger partial charge in [0.05, 0.1) is 33.9 Å². The monoisotopic (exact) mass is 470 g/mol. The summed E-state index contributed by atoms with van der Waals surface area (Å²) in [6, 6.07) is 5.98. The Morgan fingerprint density at radius 3 is 2.11 bits per heavy atom. The van der Waals surface area contributed by atoms with E-state index in [-0.39, 0.29) is 0 Å². The van der Waals surface area contributed by atoms with Crippen LogP contribution in [-0.2, 0) is 0 Å². The van der Waals surface area contributed by atoms with E-state index in [9.17, 15) is 0 Å². The molecule has 18 heavy (non-hydrogen) atoms. The number of methoxy groups -OCH3 is 3. The first-order valence-electron chi connectivity index (χ1n) is 5.20. The fraction of sp³-hybridized carbons (Fsp3) is 0.231. The van der Waals surface area contributed by atoms with Gasteiger partial charge in [-0.15, -0.1) is 0 Å². The summed E-state index contributed by atoms with van der Waals surface area (Å²) in [6.45, 7) is 0. The smallest absolute Gasteiger partial charge is 0.143 e. The summed E-state index contributed by atoms with van der Waals surface area (Å²) in [5.41, 5.74) is 0. The lowest BCUT2D eigenvalue weighted by atomic mass is 10.1. The van der Waals surface area contributed by atoms with Crippen molar-refractivity contribution in [1.82, 2.24) is 0 Å². The number of halogens is 2. The van der Waals surface area contributed by atoms with Crippen molar-refractivity contribution in [2.24, 2.45) is 0 Å². The van der Waals surface area contributed by atoms with Crippen LogP contribution in [0.25, 0.3) is 10.8 Å². The molecule has 2 rings (SSSR count). The number of ether oxygens (including phenoxy) is 3. The van der Waals surface area contributed by atoms with Crippen LogP contribution in [0.4, 0.5) is 0 Å². The number of fused-ring (bicyclic) bond motifs is 1. The maximum atomic E-state index is 5.50. The molecule has 96 valence electrons. The predicted molar refractivity (Wildman–Crippen MR) is 89.0 cm³/mol. The van der Waals surface area contributed by atoms with E-state index in [4.69, 9.17) is 14.2 Å². The molecule has 0 aromatic heterocycles. The molecule has 0 spiro atoms. The lowest BCUT2D eigenvalue weighted by molar-refractivity contribution is 0.391. The summed E-state index contributed by atoms with van der Waals surface area (Å²) in [7, 11) is 4.99.